The molecular weight excluding hydrogens is 362 g/mol. The topological polar surface area (TPSA) is 30.5 Å². The van der Waals surface area contributed by atoms with Crippen LogP contribution in [0, 0.1) is 0 Å². The van der Waals surface area contributed by atoms with E-state index in [1.165, 1.54) is 0 Å². The Hall–Kier alpha value is -0.100. The summed E-state index contributed by atoms with van der Waals surface area (Å²) in [6.45, 7) is 7.74. The van der Waals surface area contributed by atoms with Crippen molar-refractivity contribution in [2.24, 2.45) is 0 Å². The molecule has 0 aromatic heterocycles. The van der Waals surface area contributed by atoms with Crippen LogP contribution in [0.2, 0.25) is 0 Å². The van der Waals surface area contributed by atoms with Gasteiger partial charge in [-0.25, -0.2) is 0 Å². The SMILES string of the molecule is CCOCCNCc1cc(Br)cc(Br)c1OCC. The molecule has 0 aliphatic carbocycles. The molecule has 1 N–H and O–H groups in total. The molecule has 0 radical (unpaired) electrons. The second-order valence-corrected chi connectivity index (χ2v) is 5.45. The smallest absolute Gasteiger partial charge is 0.138 e. The van der Waals surface area contributed by atoms with Gasteiger partial charge in [0.15, 0.2) is 0 Å². The zero-order chi connectivity index (χ0) is 13.4. The first kappa shape index (κ1) is 16.0. The summed E-state index contributed by atoms with van der Waals surface area (Å²) in [5.74, 6) is 0.907. The molecule has 0 saturated carbocycles. The summed E-state index contributed by atoms with van der Waals surface area (Å²) in [5.41, 5.74) is 1.13. The van der Waals surface area contributed by atoms with Gasteiger partial charge in [-0.15, -0.1) is 0 Å². The normalized spacial score (nSPS) is 10.7. The Bertz CT molecular complexity index is 372. The van der Waals surface area contributed by atoms with Gasteiger partial charge in [0.25, 0.3) is 0 Å². The molecule has 5 heteroatoms. The lowest BCUT2D eigenvalue weighted by atomic mass is 10.2. The quantitative estimate of drug-likeness (QED) is 0.697. The van der Waals surface area contributed by atoms with E-state index in [0.717, 1.165) is 46.6 Å². The van der Waals surface area contributed by atoms with Crippen LogP contribution in [0.5, 0.6) is 5.75 Å². The van der Waals surface area contributed by atoms with E-state index in [1.807, 2.05) is 19.9 Å². The second kappa shape index (κ2) is 8.91. The van der Waals surface area contributed by atoms with Crippen molar-refractivity contribution in [3.05, 3.63) is 26.6 Å². The molecule has 0 aliphatic rings. The van der Waals surface area contributed by atoms with Crippen molar-refractivity contribution in [1.82, 2.24) is 5.32 Å². The number of hydrogen-bond donors (Lipinski definition) is 1. The van der Waals surface area contributed by atoms with Gasteiger partial charge in [0.2, 0.25) is 0 Å². The third kappa shape index (κ3) is 5.26. The summed E-state index contributed by atoms with van der Waals surface area (Å²) in [7, 11) is 0. The zero-order valence-corrected chi connectivity index (χ0v) is 13.9. The molecule has 3 nitrogen and oxygen atoms in total. The molecule has 0 aliphatic heterocycles. The minimum absolute atomic E-state index is 0.659. The number of halogens is 2. The molecule has 102 valence electrons. The Balaban J connectivity index is 2.62. The lowest BCUT2D eigenvalue weighted by molar-refractivity contribution is 0.149. The second-order valence-electron chi connectivity index (χ2n) is 3.68. The molecule has 0 spiro atoms. The highest BCUT2D eigenvalue weighted by Gasteiger charge is 2.09. The Kier molecular flexibility index (Phi) is 7.90. The first-order valence-corrected chi connectivity index (χ1v) is 7.66. The van der Waals surface area contributed by atoms with Crippen LogP contribution >= 0.6 is 31.9 Å². The minimum Gasteiger partial charge on any atom is -0.492 e. The number of ether oxygens (including phenoxy) is 2. The maximum atomic E-state index is 5.66. The van der Waals surface area contributed by atoms with E-state index >= 15 is 0 Å². The van der Waals surface area contributed by atoms with Crippen molar-refractivity contribution in [1.29, 1.82) is 0 Å². The van der Waals surface area contributed by atoms with Gasteiger partial charge in [0, 0.05) is 29.7 Å². The van der Waals surface area contributed by atoms with Crippen LogP contribution in [0.3, 0.4) is 0 Å². The summed E-state index contributed by atoms with van der Waals surface area (Å²) < 4.78 is 13.0. The third-order valence-corrected chi connectivity index (χ3v) is 3.36. The highest BCUT2D eigenvalue weighted by Crippen LogP contribution is 2.32. The molecule has 0 bridgehead atoms. The number of nitrogens with one attached hydrogen (secondary N) is 1. The average molecular weight is 381 g/mol. The van der Waals surface area contributed by atoms with Crippen LogP contribution in [-0.4, -0.2) is 26.4 Å². The standard InChI is InChI=1S/C13H19Br2NO2/c1-3-17-6-5-16-9-10-7-11(14)8-12(15)13(10)18-4-2/h7-8,16H,3-6,9H2,1-2H3. The van der Waals surface area contributed by atoms with Gasteiger partial charge >= 0.3 is 0 Å². The molecule has 0 amide bonds. The van der Waals surface area contributed by atoms with E-state index in [-0.39, 0.29) is 0 Å². The first-order chi connectivity index (χ1) is 8.69. The van der Waals surface area contributed by atoms with Gasteiger partial charge in [-0.2, -0.15) is 0 Å². The lowest BCUT2D eigenvalue weighted by Gasteiger charge is -2.13. The molecule has 0 heterocycles. The van der Waals surface area contributed by atoms with Gasteiger partial charge in [-0.3, -0.25) is 0 Å². The fourth-order valence-corrected chi connectivity index (χ4v) is 2.99. The van der Waals surface area contributed by atoms with E-state index in [2.05, 4.69) is 43.2 Å². The highest BCUT2D eigenvalue weighted by molar-refractivity contribution is 9.11. The van der Waals surface area contributed by atoms with Crippen LogP contribution in [0.4, 0.5) is 0 Å². The molecule has 18 heavy (non-hydrogen) atoms. The van der Waals surface area contributed by atoms with E-state index in [1.54, 1.807) is 0 Å². The predicted octanol–water partition coefficient (Wildman–Crippen LogP) is 3.74. The average Bonchev–Trinajstić information content (AvgIpc) is 2.33. The predicted molar refractivity (Wildman–Crippen MR) is 81.2 cm³/mol. The van der Waals surface area contributed by atoms with Crippen LogP contribution < -0.4 is 10.1 Å². The van der Waals surface area contributed by atoms with Crippen molar-refractivity contribution in [3.8, 4) is 5.75 Å². The Morgan fingerprint density at radius 1 is 1.17 bits per heavy atom. The van der Waals surface area contributed by atoms with Gasteiger partial charge in [-0.05, 0) is 41.9 Å². The number of benzene rings is 1. The molecular formula is C13H19Br2NO2. The Morgan fingerprint density at radius 2 is 1.94 bits per heavy atom. The highest BCUT2D eigenvalue weighted by atomic mass is 79.9. The molecule has 0 fully saturated rings. The number of rotatable bonds is 8. The maximum absolute atomic E-state index is 5.66. The molecule has 0 unspecified atom stereocenters. The van der Waals surface area contributed by atoms with E-state index < -0.39 is 0 Å². The Labute approximate surface area is 125 Å². The van der Waals surface area contributed by atoms with E-state index in [4.69, 9.17) is 9.47 Å². The van der Waals surface area contributed by atoms with Crippen LogP contribution in [0.15, 0.2) is 21.1 Å². The molecule has 1 aromatic rings. The van der Waals surface area contributed by atoms with Gasteiger partial charge in [0.1, 0.15) is 5.75 Å². The van der Waals surface area contributed by atoms with Crippen molar-refractivity contribution in [2.45, 2.75) is 20.4 Å². The van der Waals surface area contributed by atoms with E-state index in [9.17, 15) is 0 Å². The molecule has 0 atom stereocenters. The molecule has 0 saturated heterocycles. The van der Waals surface area contributed by atoms with Crippen LogP contribution in [0.25, 0.3) is 0 Å². The minimum atomic E-state index is 0.659. The number of hydrogen-bond acceptors (Lipinski definition) is 3. The fraction of sp³-hybridized carbons (Fsp3) is 0.538. The Morgan fingerprint density at radius 3 is 2.61 bits per heavy atom. The fourth-order valence-electron chi connectivity index (χ4n) is 1.56. The maximum Gasteiger partial charge on any atom is 0.138 e. The van der Waals surface area contributed by atoms with Crippen LogP contribution in [0.1, 0.15) is 19.4 Å². The summed E-state index contributed by atoms with van der Waals surface area (Å²) in [4.78, 5) is 0. The largest absolute Gasteiger partial charge is 0.492 e. The first-order valence-electron chi connectivity index (χ1n) is 6.08. The van der Waals surface area contributed by atoms with E-state index in [0.29, 0.717) is 6.61 Å². The zero-order valence-electron chi connectivity index (χ0n) is 10.8. The van der Waals surface area contributed by atoms with Gasteiger partial charge < -0.3 is 14.8 Å². The monoisotopic (exact) mass is 379 g/mol. The van der Waals surface area contributed by atoms with Gasteiger partial charge in [0.05, 0.1) is 17.7 Å². The molecule has 1 aromatic carbocycles. The third-order valence-electron chi connectivity index (χ3n) is 2.32. The lowest BCUT2D eigenvalue weighted by Crippen LogP contribution is -2.19. The molecule has 1 rings (SSSR count). The summed E-state index contributed by atoms with van der Waals surface area (Å²) in [5, 5.41) is 3.34. The summed E-state index contributed by atoms with van der Waals surface area (Å²) in [6.07, 6.45) is 0. The van der Waals surface area contributed by atoms with Crippen LogP contribution in [-0.2, 0) is 11.3 Å². The summed E-state index contributed by atoms with van der Waals surface area (Å²) >= 11 is 7.02. The van der Waals surface area contributed by atoms with Crippen molar-refractivity contribution in [3.63, 3.8) is 0 Å². The van der Waals surface area contributed by atoms with Crippen molar-refractivity contribution >= 4 is 31.9 Å². The summed E-state index contributed by atoms with van der Waals surface area (Å²) in [6, 6.07) is 4.07. The van der Waals surface area contributed by atoms with Crippen molar-refractivity contribution < 1.29 is 9.47 Å². The van der Waals surface area contributed by atoms with Gasteiger partial charge in [-0.1, -0.05) is 15.9 Å². The van der Waals surface area contributed by atoms with Crippen molar-refractivity contribution in [2.75, 3.05) is 26.4 Å².